The van der Waals surface area contributed by atoms with E-state index in [0.717, 1.165) is 50.0 Å². The maximum atomic E-state index is 12.8. The number of ether oxygens (including phenoxy) is 1. The number of carbonyl (C=O) groups excluding carboxylic acids is 1. The minimum absolute atomic E-state index is 0.154. The van der Waals surface area contributed by atoms with Crippen molar-refractivity contribution in [1.82, 2.24) is 4.90 Å². The van der Waals surface area contributed by atoms with Crippen LogP contribution in [0.5, 0.6) is 5.75 Å². The van der Waals surface area contributed by atoms with Gasteiger partial charge in [0, 0.05) is 24.6 Å². The first kappa shape index (κ1) is 15.3. The highest BCUT2D eigenvalue weighted by molar-refractivity contribution is 5.77. The molecule has 120 valence electrons. The molecule has 1 unspecified atom stereocenters. The minimum Gasteiger partial charge on any atom is -0.496 e. The first-order chi connectivity index (χ1) is 10.7. The van der Waals surface area contributed by atoms with Crippen molar-refractivity contribution in [3.63, 3.8) is 0 Å². The average molecular weight is 302 g/mol. The van der Waals surface area contributed by atoms with Crippen LogP contribution in [0, 0.1) is 5.92 Å². The van der Waals surface area contributed by atoms with Gasteiger partial charge in [0.05, 0.1) is 13.2 Å². The number of rotatable bonds is 4. The maximum Gasteiger partial charge on any atom is 0.223 e. The molecule has 1 aromatic carbocycles. The van der Waals surface area contributed by atoms with Crippen LogP contribution in [0.1, 0.15) is 50.1 Å². The molecule has 0 radical (unpaired) electrons. The summed E-state index contributed by atoms with van der Waals surface area (Å²) in [4.78, 5) is 14.8. The van der Waals surface area contributed by atoms with Gasteiger partial charge in [-0.2, -0.15) is 0 Å². The van der Waals surface area contributed by atoms with Crippen LogP contribution in [0.3, 0.4) is 0 Å². The summed E-state index contributed by atoms with van der Waals surface area (Å²) in [6.45, 7) is 0.851. The van der Waals surface area contributed by atoms with E-state index in [1.165, 1.54) is 0 Å². The third-order valence-electron chi connectivity index (χ3n) is 5.23. The van der Waals surface area contributed by atoms with Gasteiger partial charge >= 0.3 is 0 Å². The predicted octanol–water partition coefficient (Wildman–Crippen LogP) is 2.88. The Morgan fingerprint density at radius 3 is 2.82 bits per heavy atom. The molecule has 3 rings (SSSR count). The molecular weight excluding hydrogens is 276 g/mol. The predicted molar refractivity (Wildman–Crippen MR) is 86.6 cm³/mol. The molecule has 0 aromatic heterocycles. The average Bonchev–Trinajstić information content (AvgIpc) is 3.17. The SMILES string of the molecule is COc1ccccc1C1CCCN1C(=O)C[C@@H]1CCC[C@H]1N. The van der Waals surface area contributed by atoms with Crippen LogP contribution < -0.4 is 10.5 Å². The van der Waals surface area contributed by atoms with Crippen LogP contribution in [0.2, 0.25) is 0 Å². The van der Waals surface area contributed by atoms with E-state index >= 15 is 0 Å². The Morgan fingerprint density at radius 2 is 2.09 bits per heavy atom. The van der Waals surface area contributed by atoms with Crippen LogP contribution in [0.4, 0.5) is 0 Å². The molecule has 1 heterocycles. The fourth-order valence-corrected chi connectivity index (χ4v) is 3.99. The molecule has 0 spiro atoms. The van der Waals surface area contributed by atoms with Crippen molar-refractivity contribution in [3.8, 4) is 5.75 Å². The third-order valence-corrected chi connectivity index (χ3v) is 5.23. The molecule has 4 heteroatoms. The second kappa shape index (κ2) is 6.69. The molecule has 1 aliphatic carbocycles. The van der Waals surface area contributed by atoms with Gasteiger partial charge in [0.2, 0.25) is 5.91 Å². The van der Waals surface area contributed by atoms with Crippen LogP contribution >= 0.6 is 0 Å². The standard InChI is InChI=1S/C18H26N2O2/c1-22-17-10-3-2-7-14(17)16-9-5-11-20(16)18(21)12-13-6-4-8-15(13)19/h2-3,7,10,13,15-16H,4-6,8-9,11-12,19H2,1H3/t13-,15+,16?/m0/s1. The summed E-state index contributed by atoms with van der Waals surface area (Å²) in [5.74, 6) is 1.51. The number of para-hydroxylation sites is 1. The van der Waals surface area contributed by atoms with E-state index in [2.05, 4.69) is 6.07 Å². The summed E-state index contributed by atoms with van der Waals surface area (Å²) in [6.07, 6.45) is 6.00. The van der Waals surface area contributed by atoms with Gasteiger partial charge in [0.15, 0.2) is 0 Å². The number of carbonyl (C=O) groups is 1. The van der Waals surface area contributed by atoms with Crippen LogP contribution in [0.15, 0.2) is 24.3 Å². The topological polar surface area (TPSA) is 55.6 Å². The number of nitrogens with zero attached hydrogens (tertiary/aromatic N) is 1. The summed E-state index contributed by atoms with van der Waals surface area (Å²) in [6, 6.07) is 8.41. The number of hydrogen-bond acceptors (Lipinski definition) is 3. The van der Waals surface area contributed by atoms with E-state index in [0.29, 0.717) is 12.3 Å². The monoisotopic (exact) mass is 302 g/mol. The van der Waals surface area contributed by atoms with Crippen molar-refractivity contribution in [3.05, 3.63) is 29.8 Å². The minimum atomic E-state index is 0.154. The highest BCUT2D eigenvalue weighted by atomic mass is 16.5. The Labute approximate surface area is 132 Å². The molecule has 0 bridgehead atoms. The highest BCUT2D eigenvalue weighted by Crippen LogP contribution is 2.38. The molecule has 2 aliphatic rings. The summed E-state index contributed by atoms with van der Waals surface area (Å²) in [5.41, 5.74) is 7.26. The van der Waals surface area contributed by atoms with Gasteiger partial charge in [-0.1, -0.05) is 24.6 Å². The van der Waals surface area contributed by atoms with Crippen molar-refractivity contribution in [2.24, 2.45) is 11.7 Å². The van der Waals surface area contributed by atoms with Gasteiger partial charge in [0.25, 0.3) is 0 Å². The first-order valence-electron chi connectivity index (χ1n) is 8.38. The first-order valence-corrected chi connectivity index (χ1v) is 8.38. The fraction of sp³-hybridized carbons (Fsp3) is 0.611. The zero-order valence-electron chi connectivity index (χ0n) is 13.3. The third kappa shape index (κ3) is 2.98. The number of hydrogen-bond donors (Lipinski definition) is 1. The lowest BCUT2D eigenvalue weighted by Gasteiger charge is -2.28. The number of amides is 1. The van der Waals surface area contributed by atoms with E-state index in [-0.39, 0.29) is 18.0 Å². The lowest BCUT2D eigenvalue weighted by atomic mass is 9.98. The van der Waals surface area contributed by atoms with Crippen LogP contribution in [-0.4, -0.2) is 30.5 Å². The zero-order valence-corrected chi connectivity index (χ0v) is 13.3. The normalized spacial score (nSPS) is 28.1. The van der Waals surface area contributed by atoms with E-state index in [1.807, 2.05) is 23.1 Å². The van der Waals surface area contributed by atoms with Crippen LogP contribution in [0.25, 0.3) is 0 Å². The second-order valence-electron chi connectivity index (χ2n) is 6.55. The molecule has 3 atom stereocenters. The molecular formula is C18H26N2O2. The Hall–Kier alpha value is -1.55. The highest BCUT2D eigenvalue weighted by Gasteiger charge is 2.34. The molecule has 4 nitrogen and oxygen atoms in total. The lowest BCUT2D eigenvalue weighted by Crippen LogP contribution is -2.35. The fourth-order valence-electron chi connectivity index (χ4n) is 3.99. The van der Waals surface area contributed by atoms with Crippen molar-refractivity contribution in [2.75, 3.05) is 13.7 Å². The van der Waals surface area contributed by atoms with E-state index in [9.17, 15) is 4.79 Å². The van der Waals surface area contributed by atoms with E-state index < -0.39 is 0 Å². The molecule has 1 aliphatic heterocycles. The van der Waals surface area contributed by atoms with Crippen LogP contribution in [-0.2, 0) is 4.79 Å². The molecule has 22 heavy (non-hydrogen) atoms. The van der Waals surface area contributed by atoms with E-state index in [1.54, 1.807) is 7.11 Å². The molecule has 1 amide bonds. The Morgan fingerprint density at radius 1 is 1.27 bits per heavy atom. The largest absolute Gasteiger partial charge is 0.496 e. The number of benzene rings is 1. The van der Waals surface area contributed by atoms with Gasteiger partial charge in [-0.3, -0.25) is 4.79 Å². The molecule has 1 saturated carbocycles. The Balaban J connectivity index is 1.73. The van der Waals surface area contributed by atoms with Gasteiger partial charge in [0.1, 0.15) is 5.75 Å². The summed E-state index contributed by atoms with van der Waals surface area (Å²) in [5, 5.41) is 0. The maximum absolute atomic E-state index is 12.8. The number of nitrogens with two attached hydrogens (primary N) is 1. The summed E-state index contributed by atoms with van der Waals surface area (Å²) < 4.78 is 5.48. The Kier molecular flexibility index (Phi) is 4.67. The smallest absolute Gasteiger partial charge is 0.223 e. The van der Waals surface area contributed by atoms with Crippen molar-refractivity contribution in [1.29, 1.82) is 0 Å². The summed E-state index contributed by atoms with van der Waals surface area (Å²) in [7, 11) is 1.69. The van der Waals surface area contributed by atoms with Crippen molar-refractivity contribution >= 4 is 5.91 Å². The quantitative estimate of drug-likeness (QED) is 0.930. The van der Waals surface area contributed by atoms with Crippen molar-refractivity contribution in [2.45, 2.75) is 50.6 Å². The summed E-state index contributed by atoms with van der Waals surface area (Å²) >= 11 is 0. The van der Waals surface area contributed by atoms with Gasteiger partial charge in [-0.05, 0) is 37.7 Å². The lowest BCUT2D eigenvalue weighted by molar-refractivity contribution is -0.133. The Bertz CT molecular complexity index is 532. The molecule has 1 aromatic rings. The molecule has 2 fully saturated rings. The van der Waals surface area contributed by atoms with Gasteiger partial charge in [-0.25, -0.2) is 0 Å². The van der Waals surface area contributed by atoms with Gasteiger partial charge in [-0.15, -0.1) is 0 Å². The van der Waals surface area contributed by atoms with E-state index in [4.69, 9.17) is 10.5 Å². The second-order valence-corrected chi connectivity index (χ2v) is 6.55. The zero-order chi connectivity index (χ0) is 15.5. The van der Waals surface area contributed by atoms with Crippen molar-refractivity contribution < 1.29 is 9.53 Å². The number of likely N-dealkylation sites (tertiary alicyclic amines) is 1. The molecule has 2 N–H and O–H groups in total. The molecule has 1 saturated heterocycles. The van der Waals surface area contributed by atoms with Gasteiger partial charge < -0.3 is 15.4 Å². The number of methoxy groups -OCH3 is 1.